The van der Waals surface area contributed by atoms with Crippen molar-refractivity contribution in [2.45, 2.75) is 26.4 Å². The van der Waals surface area contributed by atoms with Gasteiger partial charge >= 0.3 is 0 Å². The average molecular weight is 960 g/mol. The molecule has 0 aliphatic carbocycles. The van der Waals surface area contributed by atoms with Crippen molar-refractivity contribution >= 4 is 23.6 Å². The van der Waals surface area contributed by atoms with E-state index < -0.39 is 34.7 Å². The van der Waals surface area contributed by atoms with Crippen molar-refractivity contribution in [2.24, 2.45) is 5.73 Å². The van der Waals surface area contributed by atoms with Gasteiger partial charge < -0.3 is 40.8 Å². The van der Waals surface area contributed by atoms with Crippen LogP contribution in [0.2, 0.25) is 0 Å². The summed E-state index contributed by atoms with van der Waals surface area (Å²) in [6.07, 6.45) is 0. The Morgan fingerprint density at radius 2 is 0.775 bits per heavy atom. The van der Waals surface area contributed by atoms with Crippen LogP contribution in [-0.4, -0.2) is 77.3 Å². The van der Waals surface area contributed by atoms with Gasteiger partial charge in [-0.15, -0.1) is 9.46 Å². The first-order valence-corrected chi connectivity index (χ1v) is 22.8. The molecule has 0 atom stereocenters. The number of ether oxygens (including phenoxy) is 2. The van der Waals surface area contributed by atoms with Crippen LogP contribution >= 0.6 is 0 Å². The monoisotopic (exact) mass is 959 g/mol. The summed E-state index contributed by atoms with van der Waals surface area (Å²) in [5, 5.41) is 8.63. The van der Waals surface area contributed by atoms with Crippen molar-refractivity contribution in [3.63, 3.8) is 0 Å². The van der Waals surface area contributed by atoms with Gasteiger partial charge in [0.2, 0.25) is 0 Å². The third-order valence-corrected chi connectivity index (χ3v) is 10.9. The van der Waals surface area contributed by atoms with Crippen LogP contribution in [0.1, 0.15) is 63.9 Å². The molecule has 0 fully saturated rings. The van der Waals surface area contributed by atoms with Gasteiger partial charge in [-0.05, 0) is 46.5 Å². The van der Waals surface area contributed by atoms with E-state index in [1.165, 1.54) is 48.5 Å². The summed E-state index contributed by atoms with van der Waals surface area (Å²) in [6, 6.07) is 48.3. The van der Waals surface area contributed by atoms with Crippen LogP contribution in [0.4, 0.5) is 0 Å². The smallest absolute Gasteiger partial charge is 0.283 e. The van der Waals surface area contributed by atoms with Crippen LogP contribution in [0, 0.1) is 0 Å². The summed E-state index contributed by atoms with van der Waals surface area (Å²) in [4.78, 5) is 93.1. The number of amides is 4. The van der Waals surface area contributed by atoms with Crippen molar-refractivity contribution in [3.8, 4) is 11.5 Å². The number of rotatable bonds is 25. The molecule has 2 heterocycles. The van der Waals surface area contributed by atoms with E-state index in [9.17, 15) is 28.8 Å². The molecule has 0 aliphatic heterocycles. The SMILES string of the molecule is NC(=O)c1ccc(C(=O)NCCN(CCNC(=O)c2cccc(=O)n2OCc2ccccc2)CCNC(=O)c2cccc(=O)n2OCc2ccccc2)c(OCc2ccccc2)c1OCc1ccccc1. The Labute approximate surface area is 409 Å². The highest BCUT2D eigenvalue weighted by atomic mass is 16.7. The van der Waals surface area contributed by atoms with Crippen LogP contribution in [0.25, 0.3) is 0 Å². The van der Waals surface area contributed by atoms with Crippen LogP contribution in [0.15, 0.2) is 179 Å². The Morgan fingerprint density at radius 1 is 0.423 bits per heavy atom. The van der Waals surface area contributed by atoms with Gasteiger partial charge in [-0.2, -0.15) is 0 Å². The third-order valence-electron chi connectivity index (χ3n) is 10.9. The summed E-state index contributed by atoms with van der Waals surface area (Å²) in [6.45, 7) is 1.13. The fourth-order valence-corrected chi connectivity index (χ4v) is 7.26. The van der Waals surface area contributed by atoms with Crippen LogP contribution in [0.5, 0.6) is 11.5 Å². The molecule has 0 saturated carbocycles. The minimum absolute atomic E-state index is 0.0114. The lowest BCUT2D eigenvalue weighted by Gasteiger charge is -2.24. The quantitative estimate of drug-likeness (QED) is 0.0630. The number of pyridine rings is 2. The molecule has 7 rings (SSSR count). The number of carbonyl (C=O) groups excluding carboxylic acids is 4. The van der Waals surface area contributed by atoms with E-state index in [2.05, 4.69) is 16.0 Å². The van der Waals surface area contributed by atoms with E-state index in [0.717, 1.165) is 31.7 Å². The lowest BCUT2D eigenvalue weighted by atomic mass is 10.1. The van der Waals surface area contributed by atoms with Gasteiger partial charge in [0, 0.05) is 51.4 Å². The number of nitrogens with one attached hydrogen (secondary N) is 3. The van der Waals surface area contributed by atoms with Gasteiger partial charge in [0.15, 0.2) is 11.5 Å². The number of hydrogen-bond donors (Lipinski definition) is 4. The minimum atomic E-state index is -0.773. The molecule has 0 unspecified atom stereocenters. The number of nitrogens with zero attached hydrogens (tertiary/aromatic N) is 3. The van der Waals surface area contributed by atoms with E-state index in [4.69, 9.17) is 24.9 Å². The first-order valence-electron chi connectivity index (χ1n) is 22.8. The van der Waals surface area contributed by atoms with Crippen molar-refractivity contribution < 1.29 is 38.3 Å². The van der Waals surface area contributed by atoms with Crippen LogP contribution < -0.4 is 52.0 Å². The molecule has 0 saturated heterocycles. The van der Waals surface area contributed by atoms with Gasteiger partial charge in [-0.1, -0.05) is 133 Å². The summed E-state index contributed by atoms with van der Waals surface area (Å²) in [7, 11) is 0. The van der Waals surface area contributed by atoms with Crippen LogP contribution in [0.3, 0.4) is 0 Å². The molecule has 0 aliphatic rings. The summed E-state index contributed by atoms with van der Waals surface area (Å²) >= 11 is 0. The summed E-state index contributed by atoms with van der Waals surface area (Å²) in [5.41, 5.74) is 8.07. The zero-order chi connectivity index (χ0) is 49.8. The first kappa shape index (κ1) is 49.9. The fraction of sp³-hybridized carbons (Fsp3) is 0.185. The maximum Gasteiger partial charge on any atom is 0.283 e. The molecule has 2 aromatic heterocycles. The van der Waals surface area contributed by atoms with E-state index in [1.807, 2.05) is 126 Å². The summed E-state index contributed by atoms with van der Waals surface area (Å²) < 4.78 is 14.4. The highest BCUT2D eigenvalue weighted by molar-refractivity contribution is 6.02. The van der Waals surface area contributed by atoms with E-state index in [1.54, 1.807) is 0 Å². The topological polar surface area (TPSA) is 215 Å². The molecule has 0 bridgehead atoms. The predicted octanol–water partition coefficient (Wildman–Crippen LogP) is 4.42. The minimum Gasteiger partial charge on any atom is -0.484 e. The Morgan fingerprint density at radius 3 is 1.17 bits per heavy atom. The molecule has 71 heavy (non-hydrogen) atoms. The van der Waals surface area contributed by atoms with E-state index in [0.29, 0.717) is 0 Å². The fourth-order valence-electron chi connectivity index (χ4n) is 7.26. The van der Waals surface area contributed by atoms with E-state index in [-0.39, 0.29) is 99.7 Å². The van der Waals surface area contributed by atoms with Crippen molar-refractivity contribution in [1.29, 1.82) is 0 Å². The zero-order valence-corrected chi connectivity index (χ0v) is 38.7. The van der Waals surface area contributed by atoms with Gasteiger partial charge in [0.1, 0.15) is 37.8 Å². The standard InChI is InChI=1S/C54H53N7O10/c55-51(64)43-27-28-44(50(69-36-40-17-7-2-8-18-40)49(43)68-35-39-15-5-1-6-16-39)52(65)56-29-32-59(33-30-57-53(66)45-23-13-25-47(62)60(45)70-37-41-19-9-3-10-20-41)34-31-58-54(67)46-24-14-26-48(63)61(46)71-38-42-21-11-4-12-22-42/h1-28H,29-38H2,(H2,55,64)(H,56,65)(H,57,66)(H,58,67). The van der Waals surface area contributed by atoms with Crippen molar-refractivity contribution in [3.05, 3.63) is 235 Å². The molecule has 4 amide bonds. The Balaban J connectivity index is 1.06. The maximum atomic E-state index is 14.1. The van der Waals surface area contributed by atoms with Crippen LogP contribution in [-0.2, 0) is 26.4 Å². The molecule has 0 spiro atoms. The highest BCUT2D eigenvalue weighted by Crippen LogP contribution is 2.36. The molecular weight excluding hydrogens is 907 g/mol. The number of carbonyl (C=O) groups is 4. The normalized spacial score (nSPS) is 10.8. The van der Waals surface area contributed by atoms with Gasteiger partial charge in [0.05, 0.1) is 11.1 Å². The average Bonchev–Trinajstić information content (AvgIpc) is 3.39. The second-order valence-electron chi connectivity index (χ2n) is 15.9. The molecule has 5 N–H and O–H groups in total. The number of aromatic nitrogens is 2. The molecule has 364 valence electrons. The largest absolute Gasteiger partial charge is 0.484 e. The molecular formula is C54H53N7O10. The first-order chi connectivity index (χ1) is 34.6. The zero-order valence-electron chi connectivity index (χ0n) is 38.7. The number of hydrogen-bond acceptors (Lipinski definition) is 11. The lowest BCUT2D eigenvalue weighted by Crippen LogP contribution is -2.44. The molecule has 17 heteroatoms. The van der Waals surface area contributed by atoms with Gasteiger partial charge in [0.25, 0.3) is 34.7 Å². The second kappa shape index (κ2) is 25.4. The summed E-state index contributed by atoms with van der Waals surface area (Å²) in [5.74, 6) is -2.40. The molecule has 17 nitrogen and oxygen atoms in total. The third kappa shape index (κ3) is 14.3. The highest BCUT2D eigenvalue weighted by Gasteiger charge is 2.25. The number of primary amides is 1. The maximum absolute atomic E-state index is 14.1. The molecule has 5 aromatic carbocycles. The van der Waals surface area contributed by atoms with Gasteiger partial charge in [-0.3, -0.25) is 33.7 Å². The Bertz CT molecular complexity index is 2890. The van der Waals surface area contributed by atoms with Crippen molar-refractivity contribution in [1.82, 2.24) is 30.3 Å². The Kier molecular flexibility index (Phi) is 17.9. The number of benzene rings is 5. The predicted molar refractivity (Wildman–Crippen MR) is 265 cm³/mol. The van der Waals surface area contributed by atoms with E-state index >= 15 is 0 Å². The number of nitrogens with two attached hydrogens (primary N) is 1. The lowest BCUT2D eigenvalue weighted by molar-refractivity contribution is 0.0708. The van der Waals surface area contributed by atoms with Crippen molar-refractivity contribution in [2.75, 3.05) is 39.3 Å². The van der Waals surface area contributed by atoms with Gasteiger partial charge in [-0.25, -0.2) is 0 Å². The Hall–Kier alpha value is -8.96. The second-order valence-corrected chi connectivity index (χ2v) is 15.9. The molecule has 0 radical (unpaired) electrons. The molecule has 7 aromatic rings.